The summed E-state index contributed by atoms with van der Waals surface area (Å²) < 4.78 is 5.12. The van der Waals surface area contributed by atoms with Gasteiger partial charge in [0.2, 0.25) is 0 Å². The molecule has 0 aromatic heterocycles. The summed E-state index contributed by atoms with van der Waals surface area (Å²) in [7, 11) is 1.48. The number of nitrogens with zero attached hydrogens (tertiary/aromatic N) is 1. The van der Waals surface area contributed by atoms with Gasteiger partial charge < -0.3 is 20.1 Å². The molecule has 0 spiro atoms. The Bertz CT molecular complexity index is 1370. The lowest BCUT2D eigenvalue weighted by Crippen LogP contribution is -2.29. The molecule has 1 heterocycles. The van der Waals surface area contributed by atoms with E-state index in [4.69, 9.17) is 4.74 Å². The highest BCUT2D eigenvalue weighted by atomic mass is 16.5. The van der Waals surface area contributed by atoms with Crippen molar-refractivity contribution in [1.29, 1.82) is 0 Å². The third-order valence-corrected chi connectivity index (χ3v) is 5.65. The molecule has 4 rings (SSSR count). The molecule has 0 saturated carbocycles. The Kier molecular flexibility index (Phi) is 6.07. The molecule has 35 heavy (non-hydrogen) atoms. The number of amides is 1. The highest BCUT2D eigenvalue weighted by Gasteiger charge is 2.47. The van der Waals surface area contributed by atoms with E-state index in [-0.39, 0.29) is 28.0 Å². The monoisotopic (exact) mass is 473 g/mol. The number of carbonyl (C=O) groups is 4. The quantitative estimate of drug-likeness (QED) is 0.279. The molecule has 1 unspecified atom stereocenters. The van der Waals surface area contributed by atoms with Crippen LogP contribution in [0.25, 0.3) is 5.76 Å². The van der Waals surface area contributed by atoms with Gasteiger partial charge in [0.25, 0.3) is 11.7 Å². The zero-order chi connectivity index (χ0) is 25.3. The van der Waals surface area contributed by atoms with Crippen molar-refractivity contribution in [2.24, 2.45) is 0 Å². The molecule has 176 valence electrons. The van der Waals surface area contributed by atoms with Crippen molar-refractivity contribution in [2.45, 2.75) is 6.04 Å². The number of benzene rings is 3. The summed E-state index contributed by atoms with van der Waals surface area (Å²) in [5.74, 6) is -4.22. The molecule has 0 bridgehead atoms. The standard InChI is InChI=1S/C26H19NO8/c1-35-19-11-9-15(10-12-19)22(28)20-21(14-5-7-16(8-6-14)25(31)32)27(24(30)23(20)29)18-4-2-3-17(13-18)26(33)34/h2-13,21,28H,1H3,(H,31,32)(H,33,34)/b22-20+. The molecule has 3 aromatic carbocycles. The Labute approximate surface area is 199 Å². The number of hydrogen-bond acceptors (Lipinski definition) is 6. The maximum Gasteiger partial charge on any atom is 0.335 e. The van der Waals surface area contributed by atoms with Crippen LogP contribution in [-0.2, 0) is 9.59 Å². The fourth-order valence-corrected chi connectivity index (χ4v) is 3.92. The van der Waals surface area contributed by atoms with Gasteiger partial charge in [0, 0.05) is 11.3 Å². The van der Waals surface area contributed by atoms with E-state index in [0.717, 1.165) is 4.90 Å². The summed E-state index contributed by atoms with van der Waals surface area (Å²) in [6, 6.07) is 16.1. The molecular formula is C26H19NO8. The first-order chi connectivity index (χ1) is 16.7. The lowest BCUT2D eigenvalue weighted by Gasteiger charge is -2.25. The molecule has 9 nitrogen and oxygen atoms in total. The van der Waals surface area contributed by atoms with Crippen molar-refractivity contribution < 1.29 is 39.2 Å². The van der Waals surface area contributed by atoms with Gasteiger partial charge >= 0.3 is 11.9 Å². The predicted octanol–water partition coefficient (Wildman–Crippen LogP) is 3.72. The third kappa shape index (κ3) is 4.22. The Balaban J connectivity index is 1.93. The first-order valence-corrected chi connectivity index (χ1v) is 10.3. The van der Waals surface area contributed by atoms with Gasteiger partial charge in [-0.3, -0.25) is 14.5 Å². The molecule has 0 radical (unpaired) electrons. The van der Waals surface area contributed by atoms with Crippen molar-refractivity contribution in [3.05, 3.63) is 101 Å². The lowest BCUT2D eigenvalue weighted by atomic mass is 9.94. The van der Waals surface area contributed by atoms with Crippen molar-refractivity contribution in [3.8, 4) is 5.75 Å². The van der Waals surface area contributed by atoms with E-state index in [0.29, 0.717) is 11.3 Å². The number of carbonyl (C=O) groups excluding carboxylic acids is 2. The summed E-state index contributed by atoms with van der Waals surface area (Å²) in [6.45, 7) is 0. The van der Waals surface area contributed by atoms with E-state index in [1.54, 1.807) is 12.1 Å². The predicted molar refractivity (Wildman–Crippen MR) is 125 cm³/mol. The number of aliphatic hydroxyl groups is 1. The molecule has 1 aliphatic rings. The molecule has 1 aliphatic heterocycles. The minimum Gasteiger partial charge on any atom is -0.507 e. The average Bonchev–Trinajstić information content (AvgIpc) is 3.14. The van der Waals surface area contributed by atoms with Crippen LogP contribution in [0.2, 0.25) is 0 Å². The van der Waals surface area contributed by atoms with Crippen LogP contribution in [0.3, 0.4) is 0 Å². The van der Waals surface area contributed by atoms with Crippen LogP contribution in [0.5, 0.6) is 5.75 Å². The summed E-state index contributed by atoms with van der Waals surface area (Å²) in [4.78, 5) is 50.2. The minimum atomic E-state index is -1.22. The zero-order valence-corrected chi connectivity index (χ0v) is 18.3. The smallest absolute Gasteiger partial charge is 0.335 e. The first-order valence-electron chi connectivity index (χ1n) is 10.3. The molecular weight excluding hydrogens is 454 g/mol. The second-order valence-electron chi connectivity index (χ2n) is 7.68. The highest BCUT2D eigenvalue weighted by molar-refractivity contribution is 6.51. The fraction of sp³-hybridized carbons (Fsp3) is 0.0769. The Morgan fingerprint density at radius 2 is 1.40 bits per heavy atom. The topological polar surface area (TPSA) is 141 Å². The largest absolute Gasteiger partial charge is 0.507 e. The number of carboxylic acid groups (broad SMARTS) is 2. The van der Waals surface area contributed by atoms with Crippen LogP contribution >= 0.6 is 0 Å². The Hall–Kier alpha value is -4.92. The number of aromatic carboxylic acids is 2. The molecule has 1 fully saturated rings. The van der Waals surface area contributed by atoms with E-state index < -0.39 is 35.4 Å². The molecule has 1 atom stereocenters. The average molecular weight is 473 g/mol. The van der Waals surface area contributed by atoms with Gasteiger partial charge in [-0.25, -0.2) is 9.59 Å². The molecule has 1 amide bonds. The molecule has 0 aliphatic carbocycles. The number of methoxy groups -OCH3 is 1. The Morgan fingerprint density at radius 1 is 0.800 bits per heavy atom. The first kappa shape index (κ1) is 23.2. The molecule has 9 heteroatoms. The second kappa shape index (κ2) is 9.14. The van der Waals surface area contributed by atoms with Gasteiger partial charge in [-0.2, -0.15) is 0 Å². The normalized spacial score (nSPS) is 16.8. The van der Waals surface area contributed by atoms with Crippen LogP contribution in [0, 0.1) is 0 Å². The number of rotatable bonds is 6. The van der Waals surface area contributed by atoms with E-state index in [2.05, 4.69) is 0 Å². The summed E-state index contributed by atoms with van der Waals surface area (Å²) in [5, 5.41) is 29.7. The summed E-state index contributed by atoms with van der Waals surface area (Å²) >= 11 is 0. The van der Waals surface area contributed by atoms with Crippen molar-refractivity contribution in [2.75, 3.05) is 12.0 Å². The number of aliphatic hydroxyl groups excluding tert-OH is 1. The third-order valence-electron chi connectivity index (χ3n) is 5.65. The van der Waals surface area contributed by atoms with Crippen LogP contribution in [-0.4, -0.2) is 46.1 Å². The molecule has 3 N–H and O–H groups in total. The van der Waals surface area contributed by atoms with Gasteiger partial charge in [-0.05, 0) is 60.2 Å². The number of Topliss-reactive ketones (excluding diaryl/α,β-unsaturated/α-hetero) is 1. The number of ether oxygens (including phenoxy) is 1. The minimum absolute atomic E-state index is 0.00581. The number of ketones is 1. The van der Waals surface area contributed by atoms with Crippen LogP contribution in [0.4, 0.5) is 5.69 Å². The second-order valence-corrected chi connectivity index (χ2v) is 7.68. The maximum atomic E-state index is 13.2. The van der Waals surface area contributed by atoms with Gasteiger partial charge in [0.05, 0.1) is 29.9 Å². The summed E-state index contributed by atoms with van der Waals surface area (Å²) in [5.41, 5.74) is 0.422. The zero-order valence-electron chi connectivity index (χ0n) is 18.3. The van der Waals surface area contributed by atoms with E-state index in [1.807, 2.05) is 0 Å². The number of anilines is 1. The molecule has 1 saturated heterocycles. The van der Waals surface area contributed by atoms with Crippen LogP contribution in [0.1, 0.15) is 37.9 Å². The van der Waals surface area contributed by atoms with Crippen molar-refractivity contribution >= 4 is 35.1 Å². The van der Waals surface area contributed by atoms with Crippen molar-refractivity contribution in [1.82, 2.24) is 0 Å². The van der Waals surface area contributed by atoms with E-state index in [1.165, 1.54) is 67.8 Å². The highest BCUT2D eigenvalue weighted by Crippen LogP contribution is 2.42. The van der Waals surface area contributed by atoms with Gasteiger partial charge in [-0.1, -0.05) is 18.2 Å². The van der Waals surface area contributed by atoms with Gasteiger partial charge in [-0.15, -0.1) is 0 Å². The van der Waals surface area contributed by atoms with E-state index in [9.17, 15) is 34.5 Å². The van der Waals surface area contributed by atoms with Gasteiger partial charge in [0.1, 0.15) is 11.5 Å². The number of hydrogen-bond donors (Lipinski definition) is 3. The van der Waals surface area contributed by atoms with Crippen LogP contribution in [0.15, 0.2) is 78.4 Å². The van der Waals surface area contributed by atoms with E-state index >= 15 is 0 Å². The lowest BCUT2D eigenvalue weighted by molar-refractivity contribution is -0.132. The maximum absolute atomic E-state index is 13.2. The fourth-order valence-electron chi connectivity index (χ4n) is 3.92. The van der Waals surface area contributed by atoms with Gasteiger partial charge in [0.15, 0.2) is 0 Å². The number of carboxylic acids is 2. The summed E-state index contributed by atoms with van der Waals surface area (Å²) in [6.07, 6.45) is 0. The SMILES string of the molecule is COc1ccc(/C(O)=C2\C(=O)C(=O)N(c3cccc(C(=O)O)c3)C2c2ccc(C(=O)O)cc2)cc1. The Morgan fingerprint density at radius 3 is 1.97 bits per heavy atom. The molecule has 3 aromatic rings. The van der Waals surface area contributed by atoms with Crippen molar-refractivity contribution in [3.63, 3.8) is 0 Å². The van der Waals surface area contributed by atoms with Crippen LogP contribution < -0.4 is 9.64 Å².